The predicted octanol–water partition coefficient (Wildman–Crippen LogP) is 2.52. The zero-order valence-corrected chi connectivity index (χ0v) is 14.9. The van der Waals surface area contributed by atoms with Crippen LogP contribution in [0.25, 0.3) is 0 Å². The van der Waals surface area contributed by atoms with Gasteiger partial charge >= 0.3 is 0 Å². The van der Waals surface area contributed by atoms with Crippen molar-refractivity contribution in [2.24, 2.45) is 17.6 Å². The molecule has 2 fully saturated rings. The highest BCUT2D eigenvalue weighted by Crippen LogP contribution is 2.37. The van der Waals surface area contributed by atoms with E-state index >= 15 is 0 Å². The first kappa shape index (κ1) is 17.8. The summed E-state index contributed by atoms with van der Waals surface area (Å²) in [7, 11) is 0. The van der Waals surface area contributed by atoms with Crippen LogP contribution in [0, 0.1) is 11.8 Å². The van der Waals surface area contributed by atoms with Gasteiger partial charge in [-0.2, -0.15) is 0 Å². The molecule has 1 aromatic carbocycles. The number of likely N-dealkylation sites (tertiary alicyclic amines) is 1. The van der Waals surface area contributed by atoms with Gasteiger partial charge in [-0.05, 0) is 61.6 Å². The third kappa shape index (κ3) is 4.53. The Balaban J connectivity index is 1.54. The van der Waals surface area contributed by atoms with Crippen molar-refractivity contribution in [1.82, 2.24) is 4.90 Å². The Morgan fingerprint density at radius 3 is 2.68 bits per heavy atom. The normalized spacial score (nSPS) is 26.0. The summed E-state index contributed by atoms with van der Waals surface area (Å²) in [6.07, 6.45) is 6.15. The van der Waals surface area contributed by atoms with Gasteiger partial charge in [-0.25, -0.2) is 0 Å². The Kier molecular flexibility index (Phi) is 5.61. The van der Waals surface area contributed by atoms with Gasteiger partial charge in [0.15, 0.2) is 6.61 Å². The molecule has 0 radical (unpaired) electrons. The summed E-state index contributed by atoms with van der Waals surface area (Å²) < 4.78 is 5.67. The predicted molar refractivity (Wildman–Crippen MR) is 96.1 cm³/mol. The maximum absolute atomic E-state index is 12.7. The number of ether oxygens (including phenoxy) is 1. The Hall–Kier alpha value is -2.04. The Morgan fingerprint density at radius 1 is 1.20 bits per heavy atom. The van der Waals surface area contributed by atoms with E-state index in [1.54, 1.807) is 12.1 Å². The molecule has 2 aliphatic rings. The molecule has 1 saturated carbocycles. The molecule has 0 bridgehead atoms. The smallest absolute Gasteiger partial charge is 0.260 e. The summed E-state index contributed by atoms with van der Waals surface area (Å²) in [5, 5.41) is 0. The Morgan fingerprint density at radius 2 is 1.96 bits per heavy atom. The number of primary amides is 1. The number of hydrogen-bond acceptors (Lipinski definition) is 3. The standard InChI is InChI=1S/C20H28N2O3/c1-14-4-9-18-16(11-14)3-2-10-22(18)20(24)13-25-17-7-5-15(6-8-17)12-19(21)23/h5-8,14,16,18H,2-4,9-13H2,1H3,(H2,21,23)/t14-,16+,18-/m1/s1. The molecule has 1 aliphatic heterocycles. The minimum Gasteiger partial charge on any atom is -0.484 e. The van der Waals surface area contributed by atoms with Gasteiger partial charge in [0.2, 0.25) is 5.91 Å². The number of carbonyl (C=O) groups excluding carboxylic acids is 2. The van der Waals surface area contributed by atoms with Crippen LogP contribution in [0.2, 0.25) is 0 Å². The molecule has 5 nitrogen and oxygen atoms in total. The molecule has 1 aromatic rings. The van der Waals surface area contributed by atoms with Gasteiger partial charge in [-0.1, -0.05) is 19.1 Å². The van der Waals surface area contributed by atoms with Gasteiger partial charge in [0.25, 0.3) is 5.91 Å². The highest BCUT2D eigenvalue weighted by molar-refractivity contribution is 5.78. The van der Waals surface area contributed by atoms with Crippen molar-refractivity contribution in [2.75, 3.05) is 13.2 Å². The number of hydrogen-bond donors (Lipinski definition) is 1. The van der Waals surface area contributed by atoms with Crippen LogP contribution in [0.15, 0.2) is 24.3 Å². The summed E-state index contributed by atoms with van der Waals surface area (Å²) >= 11 is 0. The molecule has 0 aromatic heterocycles. The highest BCUT2D eigenvalue weighted by Gasteiger charge is 2.37. The molecular formula is C20H28N2O3. The first-order chi connectivity index (χ1) is 12.0. The van der Waals surface area contributed by atoms with Crippen LogP contribution in [0.3, 0.4) is 0 Å². The second kappa shape index (κ2) is 7.89. The molecule has 2 amide bonds. The fourth-order valence-electron chi connectivity index (χ4n) is 4.34. The van der Waals surface area contributed by atoms with Crippen LogP contribution in [0.4, 0.5) is 0 Å². The lowest BCUT2D eigenvalue weighted by Crippen LogP contribution is -2.51. The van der Waals surface area contributed by atoms with Crippen LogP contribution in [0.5, 0.6) is 5.75 Å². The van der Waals surface area contributed by atoms with E-state index in [0.29, 0.717) is 17.7 Å². The molecule has 1 aliphatic carbocycles. The molecule has 0 spiro atoms. The van der Waals surface area contributed by atoms with E-state index in [1.807, 2.05) is 12.1 Å². The number of amides is 2. The zero-order valence-electron chi connectivity index (χ0n) is 14.9. The van der Waals surface area contributed by atoms with Gasteiger partial charge in [0.1, 0.15) is 5.75 Å². The lowest BCUT2D eigenvalue weighted by Gasteiger charge is -2.45. The largest absolute Gasteiger partial charge is 0.484 e. The van der Waals surface area contributed by atoms with E-state index in [4.69, 9.17) is 10.5 Å². The molecule has 3 atom stereocenters. The maximum Gasteiger partial charge on any atom is 0.260 e. The molecule has 5 heteroatoms. The van der Waals surface area contributed by atoms with Crippen molar-refractivity contribution in [1.29, 1.82) is 0 Å². The lowest BCUT2D eigenvalue weighted by atomic mass is 9.74. The second-order valence-electron chi connectivity index (χ2n) is 7.55. The summed E-state index contributed by atoms with van der Waals surface area (Å²) in [4.78, 5) is 25.6. The number of carbonyl (C=O) groups is 2. The van der Waals surface area contributed by atoms with Crippen LogP contribution in [-0.2, 0) is 16.0 Å². The average Bonchev–Trinajstić information content (AvgIpc) is 2.59. The number of piperidine rings is 1. The summed E-state index contributed by atoms with van der Waals surface area (Å²) in [5.74, 6) is 1.82. The summed E-state index contributed by atoms with van der Waals surface area (Å²) in [5.41, 5.74) is 6.03. The van der Waals surface area contributed by atoms with Crippen molar-refractivity contribution >= 4 is 11.8 Å². The summed E-state index contributed by atoms with van der Waals surface area (Å²) in [6, 6.07) is 7.59. The van der Waals surface area contributed by atoms with E-state index < -0.39 is 0 Å². The van der Waals surface area contributed by atoms with Crippen LogP contribution < -0.4 is 10.5 Å². The van der Waals surface area contributed by atoms with Crippen molar-refractivity contribution in [2.45, 2.75) is 51.5 Å². The van der Waals surface area contributed by atoms with Gasteiger partial charge in [0, 0.05) is 12.6 Å². The van der Waals surface area contributed by atoms with Gasteiger partial charge in [-0.15, -0.1) is 0 Å². The topological polar surface area (TPSA) is 72.6 Å². The van der Waals surface area contributed by atoms with Gasteiger partial charge < -0.3 is 15.4 Å². The van der Waals surface area contributed by atoms with E-state index in [9.17, 15) is 9.59 Å². The fraction of sp³-hybridized carbons (Fsp3) is 0.600. The van der Waals surface area contributed by atoms with E-state index in [1.165, 1.54) is 19.3 Å². The van der Waals surface area contributed by atoms with Crippen LogP contribution >= 0.6 is 0 Å². The zero-order chi connectivity index (χ0) is 17.8. The van der Waals surface area contributed by atoms with Crippen molar-refractivity contribution in [3.8, 4) is 5.75 Å². The van der Waals surface area contributed by atoms with Crippen molar-refractivity contribution < 1.29 is 14.3 Å². The molecule has 1 heterocycles. The number of nitrogens with two attached hydrogens (primary N) is 1. The molecule has 0 unspecified atom stereocenters. The van der Waals surface area contributed by atoms with Crippen LogP contribution in [-0.4, -0.2) is 35.9 Å². The molecule has 136 valence electrons. The number of rotatable bonds is 5. The molecule has 1 saturated heterocycles. The molecular weight excluding hydrogens is 316 g/mol. The van der Waals surface area contributed by atoms with Crippen LogP contribution in [0.1, 0.15) is 44.6 Å². The Bertz CT molecular complexity index is 614. The number of fused-ring (bicyclic) bond motifs is 1. The highest BCUT2D eigenvalue weighted by atomic mass is 16.5. The first-order valence-electron chi connectivity index (χ1n) is 9.32. The van der Waals surface area contributed by atoms with Gasteiger partial charge in [0.05, 0.1) is 6.42 Å². The third-order valence-corrected chi connectivity index (χ3v) is 5.56. The SMILES string of the molecule is C[C@@H]1CC[C@@H]2[C@@H](CCCN2C(=O)COc2ccc(CC(N)=O)cc2)C1. The molecule has 2 N–H and O–H groups in total. The first-order valence-corrected chi connectivity index (χ1v) is 9.32. The van der Waals surface area contributed by atoms with E-state index in [-0.39, 0.29) is 24.8 Å². The maximum atomic E-state index is 12.7. The number of benzene rings is 1. The number of nitrogens with zero attached hydrogens (tertiary/aromatic N) is 1. The van der Waals surface area contributed by atoms with Gasteiger partial charge in [-0.3, -0.25) is 9.59 Å². The minimum absolute atomic E-state index is 0.0773. The Labute approximate surface area is 149 Å². The van der Waals surface area contributed by atoms with Crippen molar-refractivity contribution in [3.63, 3.8) is 0 Å². The minimum atomic E-state index is -0.356. The van der Waals surface area contributed by atoms with Crippen molar-refractivity contribution in [3.05, 3.63) is 29.8 Å². The third-order valence-electron chi connectivity index (χ3n) is 5.56. The lowest BCUT2D eigenvalue weighted by molar-refractivity contribution is -0.140. The molecule has 25 heavy (non-hydrogen) atoms. The second-order valence-corrected chi connectivity index (χ2v) is 7.55. The molecule has 3 rings (SSSR count). The summed E-state index contributed by atoms with van der Waals surface area (Å²) in [6.45, 7) is 3.26. The van der Waals surface area contributed by atoms with E-state index in [0.717, 1.165) is 30.9 Å². The quantitative estimate of drug-likeness (QED) is 0.892. The fourth-order valence-corrected chi connectivity index (χ4v) is 4.34. The van der Waals surface area contributed by atoms with E-state index in [2.05, 4.69) is 11.8 Å². The average molecular weight is 344 g/mol. The monoisotopic (exact) mass is 344 g/mol.